The maximum atomic E-state index is 12.1. The van der Waals surface area contributed by atoms with Crippen molar-refractivity contribution in [1.82, 2.24) is 24.9 Å². The minimum atomic E-state index is -0.230. The van der Waals surface area contributed by atoms with Gasteiger partial charge in [0, 0.05) is 55.3 Å². The lowest BCUT2D eigenvalue weighted by Gasteiger charge is -2.25. The van der Waals surface area contributed by atoms with E-state index in [2.05, 4.69) is 26.7 Å². The van der Waals surface area contributed by atoms with Crippen LogP contribution in [0.2, 0.25) is 0 Å². The summed E-state index contributed by atoms with van der Waals surface area (Å²) in [4.78, 5) is 20.9. The summed E-state index contributed by atoms with van der Waals surface area (Å²) in [5.41, 5.74) is 4.20. The molecule has 3 N–H and O–H groups in total. The van der Waals surface area contributed by atoms with Gasteiger partial charge in [-0.25, -0.2) is 9.50 Å². The Balaban J connectivity index is 1.79. The zero-order valence-electron chi connectivity index (χ0n) is 18.7. The minimum Gasteiger partial charge on any atom is -0.393 e. The van der Waals surface area contributed by atoms with E-state index in [1.807, 2.05) is 17.5 Å². The molecule has 9 heteroatoms. The number of aliphatic hydroxyl groups excluding tert-OH is 1. The SMILES string of the molecule is CNC(=O)c1cncc(-c2cc([C@H]3CC[C@H](O)CC3)n3nc(N[C@@H](C)COC)ncc23)c1. The van der Waals surface area contributed by atoms with Gasteiger partial charge in [-0.15, -0.1) is 5.10 Å². The van der Waals surface area contributed by atoms with Gasteiger partial charge in [0.2, 0.25) is 5.95 Å². The topological polar surface area (TPSA) is 114 Å². The average Bonchev–Trinajstić information content (AvgIpc) is 3.18. The molecule has 1 aliphatic carbocycles. The maximum Gasteiger partial charge on any atom is 0.252 e. The molecule has 0 unspecified atom stereocenters. The van der Waals surface area contributed by atoms with Gasteiger partial charge < -0.3 is 20.5 Å². The van der Waals surface area contributed by atoms with E-state index in [1.165, 1.54) is 0 Å². The molecule has 4 rings (SSSR count). The Morgan fingerprint density at radius 3 is 2.75 bits per heavy atom. The Kier molecular flexibility index (Phi) is 6.66. The quantitative estimate of drug-likeness (QED) is 0.520. The van der Waals surface area contributed by atoms with E-state index in [-0.39, 0.29) is 24.0 Å². The van der Waals surface area contributed by atoms with Crippen molar-refractivity contribution in [2.24, 2.45) is 0 Å². The Bertz CT molecular complexity index is 1090. The van der Waals surface area contributed by atoms with Crippen LogP contribution in [0, 0.1) is 0 Å². The largest absolute Gasteiger partial charge is 0.393 e. The van der Waals surface area contributed by atoms with E-state index in [4.69, 9.17) is 9.84 Å². The normalized spacial score (nSPS) is 19.6. The molecule has 3 heterocycles. The Morgan fingerprint density at radius 2 is 2.03 bits per heavy atom. The first-order valence-electron chi connectivity index (χ1n) is 11.0. The fourth-order valence-electron chi connectivity index (χ4n) is 4.34. The number of amides is 1. The van der Waals surface area contributed by atoms with Gasteiger partial charge in [-0.2, -0.15) is 0 Å². The van der Waals surface area contributed by atoms with Gasteiger partial charge in [0.15, 0.2) is 0 Å². The first-order valence-corrected chi connectivity index (χ1v) is 11.0. The first kappa shape index (κ1) is 22.2. The highest BCUT2D eigenvalue weighted by molar-refractivity contribution is 5.95. The van der Waals surface area contributed by atoms with Crippen molar-refractivity contribution in [3.8, 4) is 11.1 Å². The number of anilines is 1. The second-order valence-corrected chi connectivity index (χ2v) is 8.41. The van der Waals surface area contributed by atoms with Crippen LogP contribution in [-0.2, 0) is 4.74 Å². The highest BCUT2D eigenvalue weighted by Gasteiger charge is 2.26. The second-order valence-electron chi connectivity index (χ2n) is 8.41. The molecule has 9 nitrogen and oxygen atoms in total. The third kappa shape index (κ3) is 4.58. The van der Waals surface area contributed by atoms with E-state index in [0.29, 0.717) is 18.1 Å². The molecular formula is C23H30N6O3. The van der Waals surface area contributed by atoms with Crippen molar-refractivity contribution >= 4 is 17.4 Å². The Labute approximate surface area is 187 Å². The number of ether oxygens (including phenoxy) is 1. The van der Waals surface area contributed by atoms with Crippen molar-refractivity contribution in [2.45, 2.75) is 50.7 Å². The maximum absolute atomic E-state index is 12.1. The molecule has 3 aromatic rings. The molecule has 0 radical (unpaired) electrons. The molecule has 1 aliphatic rings. The summed E-state index contributed by atoms with van der Waals surface area (Å²) < 4.78 is 7.15. The number of fused-ring (bicyclic) bond motifs is 1. The van der Waals surface area contributed by atoms with Crippen LogP contribution in [0.4, 0.5) is 5.95 Å². The number of pyridine rings is 1. The van der Waals surface area contributed by atoms with Gasteiger partial charge in [-0.1, -0.05) is 0 Å². The summed E-state index contributed by atoms with van der Waals surface area (Å²) in [6.45, 7) is 2.56. The fourth-order valence-corrected chi connectivity index (χ4v) is 4.34. The molecule has 0 aromatic carbocycles. The monoisotopic (exact) mass is 438 g/mol. The van der Waals surface area contributed by atoms with Crippen molar-refractivity contribution in [1.29, 1.82) is 0 Å². The number of nitrogens with one attached hydrogen (secondary N) is 2. The van der Waals surface area contributed by atoms with Crippen molar-refractivity contribution < 1.29 is 14.6 Å². The molecule has 0 bridgehead atoms. The third-order valence-electron chi connectivity index (χ3n) is 5.99. The number of aliphatic hydroxyl groups is 1. The Hall–Kier alpha value is -3.04. The van der Waals surface area contributed by atoms with Crippen molar-refractivity contribution in [2.75, 3.05) is 26.1 Å². The number of carbonyl (C=O) groups excluding carboxylic acids is 1. The molecule has 1 saturated carbocycles. The lowest BCUT2D eigenvalue weighted by Crippen LogP contribution is -2.23. The van der Waals surface area contributed by atoms with Gasteiger partial charge in [0.1, 0.15) is 0 Å². The van der Waals surface area contributed by atoms with Crippen LogP contribution in [0.15, 0.2) is 30.7 Å². The van der Waals surface area contributed by atoms with Crippen LogP contribution in [0.25, 0.3) is 16.6 Å². The molecule has 3 aromatic heterocycles. The van der Waals surface area contributed by atoms with Gasteiger partial charge >= 0.3 is 0 Å². The zero-order valence-corrected chi connectivity index (χ0v) is 18.7. The molecule has 0 spiro atoms. The predicted molar refractivity (Wildman–Crippen MR) is 122 cm³/mol. The fraction of sp³-hybridized carbons (Fsp3) is 0.478. The third-order valence-corrected chi connectivity index (χ3v) is 5.99. The summed E-state index contributed by atoms with van der Waals surface area (Å²) >= 11 is 0. The van der Waals surface area contributed by atoms with Gasteiger partial charge in [0.05, 0.1) is 30.0 Å². The second kappa shape index (κ2) is 9.62. The summed E-state index contributed by atoms with van der Waals surface area (Å²) in [5, 5.41) is 20.7. The molecule has 1 fully saturated rings. The number of methoxy groups -OCH3 is 1. The highest BCUT2D eigenvalue weighted by atomic mass is 16.5. The van der Waals surface area contributed by atoms with Crippen LogP contribution in [0.1, 0.15) is 54.6 Å². The number of rotatable bonds is 7. The van der Waals surface area contributed by atoms with Gasteiger partial charge in [-0.05, 0) is 44.7 Å². The van der Waals surface area contributed by atoms with Crippen molar-refractivity contribution in [3.05, 3.63) is 42.0 Å². The number of carbonyl (C=O) groups is 1. The molecule has 1 amide bonds. The van der Waals surface area contributed by atoms with Crippen LogP contribution in [0.3, 0.4) is 0 Å². The van der Waals surface area contributed by atoms with Crippen LogP contribution in [-0.4, -0.2) is 63.5 Å². The average molecular weight is 439 g/mol. The molecule has 32 heavy (non-hydrogen) atoms. The summed E-state index contributed by atoms with van der Waals surface area (Å²) in [7, 11) is 3.27. The van der Waals surface area contributed by atoms with Crippen molar-refractivity contribution in [3.63, 3.8) is 0 Å². The number of hydrogen-bond acceptors (Lipinski definition) is 7. The summed E-state index contributed by atoms with van der Waals surface area (Å²) in [5.74, 6) is 0.631. The van der Waals surface area contributed by atoms with Crippen LogP contribution in [0.5, 0.6) is 0 Å². The Morgan fingerprint density at radius 1 is 1.25 bits per heavy atom. The van der Waals surface area contributed by atoms with Gasteiger partial charge in [-0.3, -0.25) is 9.78 Å². The van der Waals surface area contributed by atoms with E-state index in [9.17, 15) is 9.90 Å². The standard InChI is InChI=1S/C23H30N6O3/c1-14(13-32-3)27-23-26-12-21-19(16-8-17(11-25-10-16)22(31)24-2)9-20(29(21)28-23)15-4-6-18(30)7-5-15/h8-12,14-15,18,30H,4-7,13H2,1-3H3,(H,24,31)(H,27,28)/t14-,15-,18-/m0/s1. The van der Waals surface area contributed by atoms with Crippen LogP contribution < -0.4 is 10.6 Å². The highest BCUT2D eigenvalue weighted by Crippen LogP contribution is 2.37. The van der Waals surface area contributed by atoms with E-state index in [1.54, 1.807) is 32.7 Å². The first-order chi connectivity index (χ1) is 15.5. The molecule has 1 atom stereocenters. The summed E-state index contributed by atoms with van der Waals surface area (Å²) in [6.07, 6.45) is 8.24. The predicted octanol–water partition coefficient (Wildman–Crippen LogP) is 2.62. The molecule has 170 valence electrons. The summed E-state index contributed by atoms with van der Waals surface area (Å²) in [6, 6.07) is 4.02. The lowest BCUT2D eigenvalue weighted by molar-refractivity contribution is 0.0962. The molecule has 0 aliphatic heterocycles. The minimum absolute atomic E-state index is 0.0641. The number of aromatic nitrogens is 4. The van der Waals surface area contributed by atoms with Crippen LogP contribution >= 0.6 is 0 Å². The van der Waals surface area contributed by atoms with E-state index < -0.39 is 0 Å². The van der Waals surface area contributed by atoms with E-state index in [0.717, 1.165) is 48.0 Å². The zero-order chi connectivity index (χ0) is 22.7. The number of nitrogens with zero attached hydrogens (tertiary/aromatic N) is 4. The molecule has 0 saturated heterocycles. The van der Waals surface area contributed by atoms with Gasteiger partial charge in [0.25, 0.3) is 5.91 Å². The molecular weight excluding hydrogens is 408 g/mol. The lowest BCUT2D eigenvalue weighted by atomic mass is 9.85. The number of hydrogen-bond donors (Lipinski definition) is 3. The van der Waals surface area contributed by atoms with E-state index >= 15 is 0 Å². The smallest absolute Gasteiger partial charge is 0.252 e.